The summed E-state index contributed by atoms with van der Waals surface area (Å²) < 4.78 is 0. The zero-order valence-electron chi connectivity index (χ0n) is 18.0. The number of nitrogens with two attached hydrogens (primary N) is 1. The van der Waals surface area contributed by atoms with Gasteiger partial charge in [0, 0.05) is 45.2 Å². The fraction of sp³-hybridized carbons (Fsp3) is 0.440. The molecule has 0 saturated carbocycles. The van der Waals surface area contributed by atoms with Crippen LogP contribution in [-0.4, -0.2) is 72.3 Å². The molecule has 2 amide bonds. The zero-order valence-corrected chi connectivity index (χ0v) is 18.0. The molecule has 2 saturated heterocycles. The van der Waals surface area contributed by atoms with E-state index >= 15 is 0 Å². The number of hydrogen-bond acceptors (Lipinski definition) is 4. The van der Waals surface area contributed by atoms with Gasteiger partial charge in [-0.05, 0) is 24.0 Å². The molecule has 0 aliphatic carbocycles. The standard InChI is InChI=1S/C25H32N4O2/c26-25(31)22-11-13-28(14-12-22)23(30)19-27-15-17-29(18-16-27)24(20-7-3-1-4-8-20)21-9-5-2-6-10-21/h1-10,22,24H,11-19H2,(H2,26,31). The fourth-order valence-electron chi connectivity index (χ4n) is 4.77. The van der Waals surface area contributed by atoms with Crippen molar-refractivity contribution in [3.63, 3.8) is 0 Å². The van der Waals surface area contributed by atoms with Gasteiger partial charge in [0.15, 0.2) is 0 Å². The van der Waals surface area contributed by atoms with Gasteiger partial charge in [-0.2, -0.15) is 0 Å². The monoisotopic (exact) mass is 420 g/mol. The van der Waals surface area contributed by atoms with Crippen LogP contribution in [0.25, 0.3) is 0 Å². The Morgan fingerprint density at radius 1 is 0.806 bits per heavy atom. The van der Waals surface area contributed by atoms with Gasteiger partial charge >= 0.3 is 0 Å². The van der Waals surface area contributed by atoms with Crippen LogP contribution in [0.3, 0.4) is 0 Å². The van der Waals surface area contributed by atoms with Crippen molar-refractivity contribution in [3.05, 3.63) is 71.8 Å². The second-order valence-corrected chi connectivity index (χ2v) is 8.59. The van der Waals surface area contributed by atoms with Crippen molar-refractivity contribution in [2.45, 2.75) is 18.9 Å². The Hall–Kier alpha value is -2.70. The minimum absolute atomic E-state index is 0.0829. The number of carbonyl (C=O) groups is 2. The number of likely N-dealkylation sites (tertiary alicyclic amines) is 1. The van der Waals surface area contributed by atoms with E-state index in [1.54, 1.807) is 0 Å². The van der Waals surface area contributed by atoms with E-state index in [0.717, 1.165) is 26.2 Å². The second kappa shape index (κ2) is 10.1. The Morgan fingerprint density at radius 2 is 1.32 bits per heavy atom. The molecule has 2 N–H and O–H groups in total. The topological polar surface area (TPSA) is 69.9 Å². The molecule has 2 aliphatic heterocycles. The van der Waals surface area contributed by atoms with Gasteiger partial charge in [-0.25, -0.2) is 0 Å². The van der Waals surface area contributed by atoms with Crippen molar-refractivity contribution in [1.29, 1.82) is 0 Å². The van der Waals surface area contributed by atoms with Gasteiger partial charge in [0.25, 0.3) is 0 Å². The van der Waals surface area contributed by atoms with Gasteiger partial charge in [0.2, 0.25) is 11.8 Å². The maximum Gasteiger partial charge on any atom is 0.236 e. The third-order valence-corrected chi connectivity index (χ3v) is 6.61. The third kappa shape index (κ3) is 5.32. The summed E-state index contributed by atoms with van der Waals surface area (Å²) in [5, 5.41) is 0. The van der Waals surface area contributed by atoms with E-state index in [1.807, 2.05) is 4.90 Å². The molecular formula is C25H32N4O2. The molecule has 2 fully saturated rings. The van der Waals surface area contributed by atoms with Gasteiger partial charge in [-0.1, -0.05) is 60.7 Å². The molecule has 6 nitrogen and oxygen atoms in total. The summed E-state index contributed by atoms with van der Waals surface area (Å²) >= 11 is 0. The summed E-state index contributed by atoms with van der Waals surface area (Å²) in [5.41, 5.74) is 8.01. The number of carbonyl (C=O) groups excluding carboxylic acids is 2. The second-order valence-electron chi connectivity index (χ2n) is 8.59. The van der Waals surface area contributed by atoms with Gasteiger partial charge < -0.3 is 10.6 Å². The molecule has 0 atom stereocenters. The normalized spacial score (nSPS) is 18.9. The highest BCUT2D eigenvalue weighted by Crippen LogP contribution is 2.29. The molecule has 4 rings (SSSR count). The Kier molecular flexibility index (Phi) is 6.99. The molecule has 2 aliphatic rings. The van der Waals surface area contributed by atoms with E-state index in [1.165, 1.54) is 11.1 Å². The third-order valence-electron chi connectivity index (χ3n) is 6.61. The Morgan fingerprint density at radius 3 is 1.81 bits per heavy atom. The molecule has 0 aromatic heterocycles. The van der Waals surface area contributed by atoms with Crippen LogP contribution in [0.2, 0.25) is 0 Å². The van der Waals surface area contributed by atoms with E-state index in [-0.39, 0.29) is 23.8 Å². The zero-order chi connectivity index (χ0) is 21.6. The average molecular weight is 421 g/mol. The first kappa shape index (κ1) is 21.5. The van der Waals surface area contributed by atoms with Crippen LogP contribution in [0, 0.1) is 5.92 Å². The number of rotatable bonds is 6. The molecule has 31 heavy (non-hydrogen) atoms. The van der Waals surface area contributed by atoms with Crippen LogP contribution in [0.1, 0.15) is 30.0 Å². The smallest absolute Gasteiger partial charge is 0.236 e. The van der Waals surface area contributed by atoms with Crippen LogP contribution in [0.5, 0.6) is 0 Å². The SMILES string of the molecule is NC(=O)C1CCN(C(=O)CN2CCN(C(c3ccccc3)c3ccccc3)CC2)CC1. The number of piperidine rings is 1. The van der Waals surface area contributed by atoms with E-state index in [0.29, 0.717) is 32.5 Å². The number of benzene rings is 2. The van der Waals surface area contributed by atoms with Crippen LogP contribution >= 0.6 is 0 Å². The molecule has 164 valence electrons. The molecule has 2 aromatic carbocycles. The molecule has 2 heterocycles. The molecule has 2 aromatic rings. The van der Waals surface area contributed by atoms with Crippen LogP contribution in [0.4, 0.5) is 0 Å². The molecule has 0 radical (unpaired) electrons. The van der Waals surface area contributed by atoms with Gasteiger partial charge in [-0.3, -0.25) is 19.4 Å². The number of amides is 2. The lowest BCUT2D eigenvalue weighted by molar-refractivity contribution is -0.136. The van der Waals surface area contributed by atoms with E-state index in [4.69, 9.17) is 5.73 Å². The minimum Gasteiger partial charge on any atom is -0.369 e. The summed E-state index contributed by atoms with van der Waals surface area (Å²) in [6.07, 6.45) is 1.37. The quantitative estimate of drug-likeness (QED) is 0.777. The van der Waals surface area contributed by atoms with E-state index in [9.17, 15) is 9.59 Å². The van der Waals surface area contributed by atoms with Crippen molar-refractivity contribution in [3.8, 4) is 0 Å². The molecule has 0 unspecified atom stereocenters. The summed E-state index contributed by atoms with van der Waals surface area (Å²) in [5.74, 6) is -0.158. The minimum atomic E-state index is -0.241. The molecule has 6 heteroatoms. The van der Waals surface area contributed by atoms with Crippen molar-refractivity contribution in [2.24, 2.45) is 11.7 Å². The van der Waals surface area contributed by atoms with Gasteiger partial charge in [0.1, 0.15) is 0 Å². The van der Waals surface area contributed by atoms with Crippen molar-refractivity contribution in [2.75, 3.05) is 45.8 Å². The molecule has 0 spiro atoms. The van der Waals surface area contributed by atoms with Crippen molar-refractivity contribution < 1.29 is 9.59 Å². The Bertz CT molecular complexity index is 818. The average Bonchev–Trinajstić information content (AvgIpc) is 2.82. The van der Waals surface area contributed by atoms with Gasteiger partial charge in [0.05, 0.1) is 12.6 Å². The predicted molar refractivity (Wildman–Crippen MR) is 121 cm³/mol. The Labute approximate surface area is 184 Å². The maximum atomic E-state index is 12.8. The highest BCUT2D eigenvalue weighted by molar-refractivity contribution is 5.80. The largest absolute Gasteiger partial charge is 0.369 e. The van der Waals surface area contributed by atoms with Crippen LogP contribution in [-0.2, 0) is 9.59 Å². The number of primary amides is 1. The highest BCUT2D eigenvalue weighted by Gasteiger charge is 2.29. The summed E-state index contributed by atoms with van der Waals surface area (Å²) in [4.78, 5) is 30.8. The van der Waals surface area contributed by atoms with Crippen LogP contribution in [0.15, 0.2) is 60.7 Å². The molecular weight excluding hydrogens is 388 g/mol. The van der Waals surface area contributed by atoms with Crippen molar-refractivity contribution in [1.82, 2.24) is 14.7 Å². The lowest BCUT2D eigenvalue weighted by Crippen LogP contribution is -2.52. The first-order valence-corrected chi connectivity index (χ1v) is 11.2. The van der Waals surface area contributed by atoms with Gasteiger partial charge in [-0.15, -0.1) is 0 Å². The number of hydrogen-bond donors (Lipinski definition) is 1. The van der Waals surface area contributed by atoms with Crippen molar-refractivity contribution >= 4 is 11.8 Å². The summed E-state index contributed by atoms with van der Waals surface area (Å²) in [6.45, 7) is 5.32. The first-order valence-electron chi connectivity index (χ1n) is 11.2. The van der Waals surface area contributed by atoms with Crippen LogP contribution < -0.4 is 5.73 Å². The molecule has 0 bridgehead atoms. The Balaban J connectivity index is 1.34. The first-order chi connectivity index (χ1) is 15.1. The highest BCUT2D eigenvalue weighted by atomic mass is 16.2. The lowest BCUT2D eigenvalue weighted by Gasteiger charge is -2.40. The fourth-order valence-corrected chi connectivity index (χ4v) is 4.77. The summed E-state index contributed by atoms with van der Waals surface area (Å²) in [7, 11) is 0. The number of nitrogens with zero attached hydrogens (tertiary/aromatic N) is 3. The van der Waals surface area contributed by atoms with E-state index in [2.05, 4.69) is 70.5 Å². The predicted octanol–water partition coefficient (Wildman–Crippen LogP) is 2.12. The summed E-state index contributed by atoms with van der Waals surface area (Å²) in [6, 6.07) is 21.5. The maximum absolute atomic E-state index is 12.8. The number of piperazine rings is 1. The lowest BCUT2D eigenvalue weighted by atomic mass is 9.96. The van der Waals surface area contributed by atoms with E-state index < -0.39 is 0 Å².